The van der Waals surface area contributed by atoms with E-state index in [0.717, 1.165) is 23.5 Å². The summed E-state index contributed by atoms with van der Waals surface area (Å²) in [5.74, 6) is -2.06. The van der Waals surface area contributed by atoms with E-state index in [4.69, 9.17) is 10.5 Å². The second-order valence-electron chi connectivity index (χ2n) is 5.51. The number of hydrogen-bond donors (Lipinski definition) is 1. The van der Waals surface area contributed by atoms with Gasteiger partial charge in [-0.2, -0.15) is 0 Å². The van der Waals surface area contributed by atoms with Crippen LogP contribution in [0.2, 0.25) is 0 Å². The van der Waals surface area contributed by atoms with Gasteiger partial charge in [0.25, 0.3) is 0 Å². The number of carbonyl (C=O) groups is 1. The van der Waals surface area contributed by atoms with E-state index in [2.05, 4.69) is 0 Å². The SMILES string of the molecule is CC(C)(C)OC(=O)c1c(-c2ccc(F)cc2F)csc1N. The quantitative estimate of drug-likeness (QED) is 0.844. The summed E-state index contributed by atoms with van der Waals surface area (Å²) in [7, 11) is 0. The molecule has 0 fully saturated rings. The van der Waals surface area contributed by atoms with Crippen LogP contribution in [0.1, 0.15) is 31.1 Å². The number of benzene rings is 1. The maximum Gasteiger partial charge on any atom is 0.342 e. The van der Waals surface area contributed by atoms with Crippen molar-refractivity contribution in [2.24, 2.45) is 0 Å². The molecule has 2 N–H and O–H groups in total. The van der Waals surface area contributed by atoms with Crippen molar-refractivity contribution in [3.05, 3.63) is 40.8 Å². The smallest absolute Gasteiger partial charge is 0.342 e. The van der Waals surface area contributed by atoms with Crippen molar-refractivity contribution in [1.82, 2.24) is 0 Å². The number of ether oxygens (including phenoxy) is 1. The normalized spacial score (nSPS) is 11.5. The summed E-state index contributed by atoms with van der Waals surface area (Å²) in [4.78, 5) is 12.2. The topological polar surface area (TPSA) is 52.3 Å². The summed E-state index contributed by atoms with van der Waals surface area (Å²) in [5.41, 5.74) is 5.65. The summed E-state index contributed by atoms with van der Waals surface area (Å²) in [6.45, 7) is 5.18. The molecule has 0 atom stereocenters. The molecule has 2 rings (SSSR count). The second-order valence-corrected chi connectivity index (χ2v) is 6.43. The van der Waals surface area contributed by atoms with Crippen LogP contribution in [0.3, 0.4) is 0 Å². The van der Waals surface area contributed by atoms with E-state index < -0.39 is 23.2 Å². The van der Waals surface area contributed by atoms with Gasteiger partial charge >= 0.3 is 5.97 Å². The highest BCUT2D eigenvalue weighted by Crippen LogP contribution is 2.36. The predicted octanol–water partition coefficient (Wildman–Crippen LogP) is 4.23. The molecule has 1 aromatic carbocycles. The number of anilines is 1. The van der Waals surface area contributed by atoms with Gasteiger partial charge in [-0.25, -0.2) is 13.6 Å². The molecule has 0 aliphatic carbocycles. The fourth-order valence-electron chi connectivity index (χ4n) is 1.82. The number of halogens is 2. The minimum atomic E-state index is -0.752. The van der Waals surface area contributed by atoms with Crippen LogP contribution >= 0.6 is 11.3 Å². The van der Waals surface area contributed by atoms with Crippen LogP contribution in [0.15, 0.2) is 23.6 Å². The summed E-state index contributed by atoms with van der Waals surface area (Å²) >= 11 is 1.11. The van der Waals surface area contributed by atoms with Crippen LogP contribution in [-0.4, -0.2) is 11.6 Å². The zero-order valence-electron chi connectivity index (χ0n) is 11.9. The van der Waals surface area contributed by atoms with Gasteiger partial charge in [-0.1, -0.05) is 0 Å². The van der Waals surface area contributed by atoms with E-state index in [1.54, 1.807) is 26.2 Å². The molecule has 21 heavy (non-hydrogen) atoms. The summed E-state index contributed by atoms with van der Waals surface area (Å²) in [5, 5.41) is 1.80. The number of carbonyl (C=O) groups excluding carboxylic acids is 1. The maximum absolute atomic E-state index is 13.9. The number of esters is 1. The standard InChI is InChI=1S/C15H15F2NO2S/c1-15(2,3)20-14(19)12-10(7-21-13(12)18)9-5-4-8(16)6-11(9)17/h4-7H,18H2,1-3H3. The zero-order chi connectivity index (χ0) is 15.8. The Kier molecular flexibility index (Phi) is 4.00. The summed E-state index contributed by atoms with van der Waals surface area (Å²) in [6, 6.07) is 3.17. The van der Waals surface area contributed by atoms with E-state index in [-0.39, 0.29) is 16.1 Å². The first-order valence-corrected chi connectivity index (χ1v) is 7.13. The lowest BCUT2D eigenvalue weighted by Gasteiger charge is -2.20. The minimum Gasteiger partial charge on any atom is -0.456 e. The van der Waals surface area contributed by atoms with Crippen molar-refractivity contribution in [3.8, 4) is 11.1 Å². The Bertz CT molecular complexity index is 689. The van der Waals surface area contributed by atoms with Crippen molar-refractivity contribution in [3.63, 3.8) is 0 Å². The average molecular weight is 311 g/mol. The Hall–Kier alpha value is -1.95. The third-order valence-electron chi connectivity index (χ3n) is 2.64. The van der Waals surface area contributed by atoms with Crippen molar-refractivity contribution >= 4 is 22.3 Å². The zero-order valence-corrected chi connectivity index (χ0v) is 12.7. The summed E-state index contributed by atoms with van der Waals surface area (Å²) < 4.78 is 32.2. The third-order valence-corrected chi connectivity index (χ3v) is 3.46. The monoisotopic (exact) mass is 311 g/mol. The number of nitrogens with two attached hydrogens (primary N) is 1. The lowest BCUT2D eigenvalue weighted by Crippen LogP contribution is -2.24. The molecule has 0 radical (unpaired) electrons. The van der Waals surface area contributed by atoms with Gasteiger partial charge in [0, 0.05) is 22.6 Å². The van der Waals surface area contributed by atoms with Crippen LogP contribution in [0.25, 0.3) is 11.1 Å². The van der Waals surface area contributed by atoms with Crippen LogP contribution in [0.4, 0.5) is 13.8 Å². The van der Waals surface area contributed by atoms with Gasteiger partial charge in [-0.3, -0.25) is 0 Å². The van der Waals surface area contributed by atoms with Crippen LogP contribution in [0.5, 0.6) is 0 Å². The number of thiophene rings is 1. The highest BCUT2D eigenvalue weighted by molar-refractivity contribution is 7.14. The first-order chi connectivity index (χ1) is 9.69. The molecule has 0 unspecified atom stereocenters. The molecule has 0 amide bonds. The van der Waals surface area contributed by atoms with Crippen LogP contribution < -0.4 is 5.73 Å². The van der Waals surface area contributed by atoms with E-state index in [1.807, 2.05) is 0 Å². The van der Waals surface area contributed by atoms with Gasteiger partial charge in [-0.15, -0.1) is 11.3 Å². The van der Waals surface area contributed by atoms with Crippen molar-refractivity contribution in [2.45, 2.75) is 26.4 Å². The molecule has 6 heteroatoms. The number of hydrogen-bond acceptors (Lipinski definition) is 4. The largest absolute Gasteiger partial charge is 0.456 e. The third kappa shape index (κ3) is 3.39. The van der Waals surface area contributed by atoms with Crippen molar-refractivity contribution in [2.75, 3.05) is 5.73 Å². The first kappa shape index (κ1) is 15.4. The van der Waals surface area contributed by atoms with E-state index >= 15 is 0 Å². The molecule has 112 valence electrons. The highest BCUT2D eigenvalue weighted by atomic mass is 32.1. The molecular formula is C15H15F2NO2S. The Morgan fingerprint density at radius 3 is 2.48 bits per heavy atom. The molecule has 0 aliphatic heterocycles. The van der Waals surface area contributed by atoms with Gasteiger partial charge in [0.15, 0.2) is 0 Å². The molecular weight excluding hydrogens is 296 g/mol. The lowest BCUT2D eigenvalue weighted by molar-refractivity contribution is 0.00722. The van der Waals surface area contributed by atoms with Crippen molar-refractivity contribution < 1.29 is 18.3 Å². The van der Waals surface area contributed by atoms with E-state index in [9.17, 15) is 13.6 Å². The molecule has 0 saturated carbocycles. The molecule has 1 heterocycles. The van der Waals surface area contributed by atoms with Gasteiger partial charge in [-0.05, 0) is 32.9 Å². The van der Waals surface area contributed by atoms with Gasteiger partial charge in [0.05, 0.1) is 0 Å². The van der Waals surface area contributed by atoms with Gasteiger partial charge in [0.1, 0.15) is 27.8 Å². The van der Waals surface area contributed by atoms with Gasteiger partial charge in [0.2, 0.25) is 0 Å². The minimum absolute atomic E-state index is 0.112. The highest BCUT2D eigenvalue weighted by Gasteiger charge is 2.25. The van der Waals surface area contributed by atoms with E-state index in [1.165, 1.54) is 6.07 Å². The molecule has 0 spiro atoms. The molecule has 3 nitrogen and oxygen atoms in total. The molecule has 0 bridgehead atoms. The number of rotatable bonds is 2. The van der Waals surface area contributed by atoms with Crippen molar-refractivity contribution in [1.29, 1.82) is 0 Å². The van der Waals surface area contributed by atoms with Crippen LogP contribution in [-0.2, 0) is 4.74 Å². The fourth-order valence-corrected chi connectivity index (χ4v) is 2.62. The Balaban J connectivity index is 2.50. The van der Waals surface area contributed by atoms with Crippen LogP contribution in [0, 0.1) is 11.6 Å². The van der Waals surface area contributed by atoms with E-state index in [0.29, 0.717) is 5.56 Å². The first-order valence-electron chi connectivity index (χ1n) is 6.25. The molecule has 0 aliphatic rings. The Morgan fingerprint density at radius 2 is 1.90 bits per heavy atom. The second kappa shape index (κ2) is 5.44. The maximum atomic E-state index is 13.9. The molecule has 0 saturated heterocycles. The fraction of sp³-hybridized carbons (Fsp3) is 0.267. The molecule has 2 aromatic rings. The lowest BCUT2D eigenvalue weighted by atomic mass is 10.0. The predicted molar refractivity (Wildman–Crippen MR) is 79.3 cm³/mol. The Labute approximate surface area is 125 Å². The average Bonchev–Trinajstić information content (AvgIpc) is 2.68. The van der Waals surface area contributed by atoms with Gasteiger partial charge < -0.3 is 10.5 Å². The molecule has 1 aromatic heterocycles. The number of nitrogen functional groups attached to an aromatic ring is 1. The Morgan fingerprint density at radius 1 is 1.24 bits per heavy atom. The summed E-state index contributed by atoms with van der Waals surface area (Å²) in [6.07, 6.45) is 0.